The average Bonchev–Trinajstić information content (AvgIpc) is 3.20. The van der Waals surface area contributed by atoms with Crippen molar-refractivity contribution in [1.82, 2.24) is 20.1 Å². The number of primary amides is 1. The maximum absolute atomic E-state index is 12.4. The summed E-state index contributed by atoms with van der Waals surface area (Å²) in [7, 11) is 0. The second kappa shape index (κ2) is 9.54. The summed E-state index contributed by atoms with van der Waals surface area (Å²) in [5.74, 6) is 0.0869. The molecule has 1 aromatic carbocycles. The number of H-pyrrole nitrogens is 1. The Labute approximate surface area is 185 Å². The van der Waals surface area contributed by atoms with Gasteiger partial charge in [0, 0.05) is 31.7 Å². The van der Waals surface area contributed by atoms with E-state index in [4.69, 9.17) is 15.2 Å². The van der Waals surface area contributed by atoms with E-state index in [-0.39, 0.29) is 24.6 Å². The van der Waals surface area contributed by atoms with Gasteiger partial charge >= 0.3 is 6.09 Å². The molecule has 0 radical (unpaired) electrons. The van der Waals surface area contributed by atoms with E-state index in [0.717, 1.165) is 0 Å². The molecule has 3 rings (SSSR count). The third-order valence-corrected chi connectivity index (χ3v) is 4.42. The van der Waals surface area contributed by atoms with Gasteiger partial charge in [0.1, 0.15) is 11.4 Å². The number of aromatic amines is 1. The van der Waals surface area contributed by atoms with Gasteiger partial charge in [0.05, 0.1) is 0 Å². The number of anilines is 2. The predicted molar refractivity (Wildman–Crippen MR) is 115 cm³/mol. The maximum Gasteiger partial charge on any atom is 0.410 e. The molecule has 0 bridgehead atoms. The van der Waals surface area contributed by atoms with Crippen LogP contribution < -0.4 is 20.7 Å². The van der Waals surface area contributed by atoms with Crippen molar-refractivity contribution in [2.24, 2.45) is 5.73 Å². The summed E-state index contributed by atoms with van der Waals surface area (Å²) in [4.78, 5) is 43.2. The number of amides is 3. The number of aromatic nitrogens is 3. The van der Waals surface area contributed by atoms with Crippen LogP contribution in [0.5, 0.6) is 5.75 Å². The van der Waals surface area contributed by atoms with E-state index in [1.54, 1.807) is 29.2 Å². The van der Waals surface area contributed by atoms with Crippen molar-refractivity contribution < 1.29 is 23.9 Å². The van der Waals surface area contributed by atoms with Crippen LogP contribution in [0.4, 0.5) is 16.7 Å². The van der Waals surface area contributed by atoms with Crippen LogP contribution >= 0.6 is 0 Å². The summed E-state index contributed by atoms with van der Waals surface area (Å²) in [6.07, 6.45) is -0.342. The van der Waals surface area contributed by atoms with Crippen LogP contribution in [0.15, 0.2) is 24.3 Å². The van der Waals surface area contributed by atoms with E-state index in [1.807, 2.05) is 25.7 Å². The number of nitrogens with zero attached hydrogens (tertiary/aromatic N) is 4. The normalized spacial score (nSPS) is 14.1. The van der Waals surface area contributed by atoms with Gasteiger partial charge in [0.15, 0.2) is 6.61 Å². The molecular weight excluding hydrogens is 418 g/mol. The van der Waals surface area contributed by atoms with Crippen LogP contribution in [0.1, 0.15) is 31.1 Å². The zero-order valence-corrected chi connectivity index (χ0v) is 18.3. The molecular formula is C20H27N7O5. The Morgan fingerprint density at radius 2 is 1.78 bits per heavy atom. The van der Waals surface area contributed by atoms with E-state index in [1.165, 1.54) is 0 Å². The minimum Gasteiger partial charge on any atom is -0.484 e. The van der Waals surface area contributed by atoms with Gasteiger partial charge in [-0.05, 0) is 45.0 Å². The molecule has 4 N–H and O–H groups in total. The van der Waals surface area contributed by atoms with Gasteiger partial charge in [0.25, 0.3) is 11.8 Å². The smallest absolute Gasteiger partial charge is 0.410 e. The lowest BCUT2D eigenvalue weighted by molar-refractivity contribution is -0.119. The number of carbonyl (C=O) groups excluding carboxylic acids is 3. The van der Waals surface area contributed by atoms with Crippen molar-refractivity contribution in [2.45, 2.75) is 26.4 Å². The first-order valence-electron chi connectivity index (χ1n) is 10.1. The number of hydrogen-bond acceptors (Lipinski definition) is 8. The lowest BCUT2D eigenvalue weighted by Gasteiger charge is -2.35. The highest BCUT2D eigenvalue weighted by atomic mass is 16.6. The summed E-state index contributed by atoms with van der Waals surface area (Å²) in [5, 5.41) is 9.49. The highest BCUT2D eigenvalue weighted by Crippen LogP contribution is 2.17. The van der Waals surface area contributed by atoms with Crippen molar-refractivity contribution in [3.05, 3.63) is 29.8 Å². The van der Waals surface area contributed by atoms with Crippen LogP contribution in [-0.4, -0.2) is 76.4 Å². The zero-order chi connectivity index (χ0) is 23.3. The van der Waals surface area contributed by atoms with Gasteiger partial charge in [-0.2, -0.15) is 4.98 Å². The number of carbonyl (C=O) groups is 3. The summed E-state index contributed by atoms with van der Waals surface area (Å²) in [6, 6.07) is 6.24. The maximum atomic E-state index is 12.4. The molecule has 2 aromatic rings. The van der Waals surface area contributed by atoms with Crippen molar-refractivity contribution in [3.8, 4) is 5.75 Å². The van der Waals surface area contributed by atoms with Crippen LogP contribution in [-0.2, 0) is 9.53 Å². The molecule has 0 aliphatic carbocycles. The minimum atomic E-state index is -0.584. The summed E-state index contributed by atoms with van der Waals surface area (Å²) >= 11 is 0. The highest BCUT2D eigenvalue weighted by Gasteiger charge is 2.27. The van der Waals surface area contributed by atoms with Crippen molar-refractivity contribution >= 4 is 29.8 Å². The van der Waals surface area contributed by atoms with Crippen molar-refractivity contribution in [1.29, 1.82) is 0 Å². The SMILES string of the molecule is CC(C)(C)OC(=O)N1CCN(c2n[nH]c(NC(=O)c3ccc(OCC(N)=O)cc3)n2)CC1. The standard InChI is InChI=1S/C20H27N7O5/c1-20(2,3)32-19(30)27-10-8-26(9-11-27)18-23-17(24-25-18)22-16(29)13-4-6-14(7-5-13)31-12-15(21)28/h4-7H,8-12H2,1-3H3,(H2,21,28)(H2,22,23,24,25,29). The molecule has 0 saturated carbocycles. The molecule has 0 atom stereocenters. The first-order valence-corrected chi connectivity index (χ1v) is 10.1. The Kier molecular flexibility index (Phi) is 6.81. The molecule has 12 heteroatoms. The molecule has 1 aromatic heterocycles. The first-order chi connectivity index (χ1) is 15.1. The molecule has 3 amide bonds. The van der Waals surface area contributed by atoms with Gasteiger partial charge in [-0.1, -0.05) is 0 Å². The van der Waals surface area contributed by atoms with E-state index in [9.17, 15) is 14.4 Å². The number of nitrogens with one attached hydrogen (secondary N) is 2. The molecule has 1 aliphatic heterocycles. The molecule has 12 nitrogen and oxygen atoms in total. The molecule has 0 spiro atoms. The summed E-state index contributed by atoms with van der Waals surface area (Å²) in [5.41, 5.74) is 4.87. The van der Waals surface area contributed by atoms with Crippen LogP contribution in [0, 0.1) is 0 Å². The number of ether oxygens (including phenoxy) is 2. The fraction of sp³-hybridized carbons (Fsp3) is 0.450. The Morgan fingerprint density at radius 1 is 1.12 bits per heavy atom. The van der Waals surface area contributed by atoms with Gasteiger partial charge in [-0.3, -0.25) is 14.9 Å². The lowest BCUT2D eigenvalue weighted by atomic mass is 10.2. The van der Waals surface area contributed by atoms with Crippen molar-refractivity contribution in [2.75, 3.05) is 43.0 Å². The first kappa shape index (κ1) is 22.8. The van der Waals surface area contributed by atoms with E-state index in [2.05, 4.69) is 20.5 Å². The minimum absolute atomic E-state index is 0.202. The fourth-order valence-corrected chi connectivity index (χ4v) is 2.90. The Bertz CT molecular complexity index is 959. The molecule has 172 valence electrons. The highest BCUT2D eigenvalue weighted by molar-refractivity contribution is 6.03. The quantitative estimate of drug-likeness (QED) is 0.594. The Morgan fingerprint density at radius 3 is 2.38 bits per heavy atom. The van der Waals surface area contributed by atoms with Crippen LogP contribution in [0.3, 0.4) is 0 Å². The molecule has 1 aliphatic rings. The number of benzene rings is 1. The van der Waals surface area contributed by atoms with E-state index < -0.39 is 11.5 Å². The van der Waals surface area contributed by atoms with Gasteiger partial charge in [-0.25, -0.2) is 9.89 Å². The largest absolute Gasteiger partial charge is 0.484 e. The molecule has 32 heavy (non-hydrogen) atoms. The monoisotopic (exact) mass is 445 g/mol. The predicted octanol–water partition coefficient (Wildman–Crippen LogP) is 0.978. The molecule has 0 unspecified atom stereocenters. The Hall–Kier alpha value is -3.83. The second-order valence-corrected chi connectivity index (χ2v) is 8.17. The lowest BCUT2D eigenvalue weighted by Crippen LogP contribution is -2.50. The third-order valence-electron chi connectivity index (χ3n) is 4.42. The summed E-state index contributed by atoms with van der Waals surface area (Å²) < 4.78 is 10.6. The third kappa shape index (κ3) is 6.33. The topological polar surface area (TPSA) is 156 Å². The van der Waals surface area contributed by atoms with Gasteiger partial charge in [-0.15, -0.1) is 5.10 Å². The number of nitrogens with two attached hydrogens (primary N) is 1. The number of hydrogen-bond donors (Lipinski definition) is 3. The molecule has 1 saturated heterocycles. The fourth-order valence-electron chi connectivity index (χ4n) is 2.90. The van der Waals surface area contributed by atoms with Gasteiger partial charge in [0.2, 0.25) is 11.9 Å². The van der Waals surface area contributed by atoms with Gasteiger partial charge < -0.3 is 25.0 Å². The van der Waals surface area contributed by atoms with Crippen LogP contribution in [0.2, 0.25) is 0 Å². The van der Waals surface area contributed by atoms with Crippen LogP contribution in [0.25, 0.3) is 0 Å². The van der Waals surface area contributed by atoms with E-state index in [0.29, 0.717) is 43.4 Å². The zero-order valence-electron chi connectivity index (χ0n) is 18.3. The molecule has 2 heterocycles. The average molecular weight is 445 g/mol. The Balaban J connectivity index is 1.51. The number of rotatable bonds is 6. The van der Waals surface area contributed by atoms with E-state index >= 15 is 0 Å². The number of piperazine rings is 1. The van der Waals surface area contributed by atoms with Crippen molar-refractivity contribution in [3.63, 3.8) is 0 Å². The summed E-state index contributed by atoms with van der Waals surface area (Å²) in [6.45, 7) is 7.29. The molecule has 1 fully saturated rings. The second-order valence-electron chi connectivity index (χ2n) is 8.17.